The van der Waals surface area contributed by atoms with Gasteiger partial charge in [0.25, 0.3) is 5.69 Å². The van der Waals surface area contributed by atoms with Crippen LogP contribution in [-0.2, 0) is 16.2 Å². The van der Waals surface area contributed by atoms with Gasteiger partial charge in [-0.05, 0) is 25.0 Å². The van der Waals surface area contributed by atoms with Crippen molar-refractivity contribution in [3.05, 3.63) is 56.2 Å². The minimum Gasteiger partial charge on any atom is -0.478 e. The molecular formula is C16H14Cl2F3N3O5S. The fourth-order valence-electron chi connectivity index (χ4n) is 2.21. The molecule has 30 heavy (non-hydrogen) atoms. The highest BCUT2D eigenvalue weighted by Crippen LogP contribution is 2.32. The first-order chi connectivity index (χ1) is 13.9. The Kier molecular flexibility index (Phi) is 7.86. The monoisotopic (exact) mass is 487 g/mol. The second kappa shape index (κ2) is 9.77. The molecule has 14 heteroatoms. The molecule has 0 fully saturated rings. The lowest BCUT2D eigenvalue weighted by atomic mass is 10.2. The van der Waals surface area contributed by atoms with Gasteiger partial charge >= 0.3 is 6.18 Å². The van der Waals surface area contributed by atoms with Gasteiger partial charge in [0.2, 0.25) is 15.9 Å². The molecule has 0 unspecified atom stereocenters. The minimum absolute atomic E-state index is 0.0378. The molecule has 0 aliphatic carbocycles. The van der Waals surface area contributed by atoms with Crippen LogP contribution in [-0.4, -0.2) is 31.5 Å². The standard InChI is InChI=1S/C16H14Cl2F3N3O5S/c17-12-4-3-11(24(25)26)9-13(12)30(27,28)22-5-1-2-6-29-15-8-10(16(19,20)21)7-14(18)23-15/h3-4,7-9,22H,1-2,5-6H2. The molecule has 164 valence electrons. The molecule has 1 N–H and O–H groups in total. The van der Waals surface area contributed by atoms with Gasteiger partial charge in [-0.3, -0.25) is 10.1 Å². The van der Waals surface area contributed by atoms with E-state index < -0.39 is 37.3 Å². The summed E-state index contributed by atoms with van der Waals surface area (Å²) in [6.07, 6.45) is -4.06. The average Bonchev–Trinajstić information content (AvgIpc) is 2.63. The van der Waals surface area contributed by atoms with Crippen LogP contribution in [0.3, 0.4) is 0 Å². The van der Waals surface area contributed by atoms with Crippen molar-refractivity contribution in [1.29, 1.82) is 0 Å². The highest BCUT2D eigenvalue weighted by atomic mass is 35.5. The first-order valence-corrected chi connectivity index (χ1v) is 10.5. The lowest BCUT2D eigenvalue weighted by Crippen LogP contribution is -2.25. The number of nitrogens with zero attached hydrogens (tertiary/aromatic N) is 2. The summed E-state index contributed by atoms with van der Waals surface area (Å²) >= 11 is 11.4. The molecule has 8 nitrogen and oxygen atoms in total. The zero-order valence-electron chi connectivity index (χ0n) is 14.9. The predicted octanol–water partition coefficient (Wildman–Crippen LogP) is 4.45. The Morgan fingerprint density at radius 2 is 1.87 bits per heavy atom. The fourth-order valence-corrected chi connectivity index (χ4v) is 4.00. The number of nitrogens with one attached hydrogen (secondary N) is 1. The van der Waals surface area contributed by atoms with E-state index in [0.29, 0.717) is 12.1 Å². The number of ether oxygens (including phenoxy) is 1. The third-order valence-electron chi connectivity index (χ3n) is 3.63. The van der Waals surface area contributed by atoms with E-state index in [1.165, 1.54) is 0 Å². The summed E-state index contributed by atoms with van der Waals surface area (Å²) in [6.45, 7) is -0.0918. The number of halogens is 5. The zero-order chi connectivity index (χ0) is 22.5. The van der Waals surface area contributed by atoms with E-state index in [9.17, 15) is 31.7 Å². The van der Waals surface area contributed by atoms with Gasteiger partial charge in [-0.15, -0.1) is 0 Å². The molecule has 1 heterocycles. The molecule has 0 amide bonds. The third kappa shape index (κ3) is 6.69. The summed E-state index contributed by atoms with van der Waals surface area (Å²) in [6, 6.07) is 4.40. The maximum Gasteiger partial charge on any atom is 0.416 e. The van der Waals surface area contributed by atoms with Crippen molar-refractivity contribution >= 4 is 38.9 Å². The molecular weight excluding hydrogens is 474 g/mol. The number of hydrogen-bond donors (Lipinski definition) is 1. The van der Waals surface area contributed by atoms with Crippen molar-refractivity contribution in [2.45, 2.75) is 23.9 Å². The van der Waals surface area contributed by atoms with Crippen molar-refractivity contribution < 1.29 is 31.2 Å². The van der Waals surface area contributed by atoms with Crippen LogP contribution in [0.2, 0.25) is 10.2 Å². The Bertz CT molecular complexity index is 1040. The van der Waals surface area contributed by atoms with Crippen LogP contribution < -0.4 is 9.46 Å². The molecule has 0 radical (unpaired) electrons. The first-order valence-electron chi connectivity index (χ1n) is 8.21. The molecule has 0 saturated heterocycles. The summed E-state index contributed by atoms with van der Waals surface area (Å²) in [4.78, 5) is 13.3. The Balaban J connectivity index is 1.87. The smallest absolute Gasteiger partial charge is 0.416 e. The number of nitro groups is 1. The van der Waals surface area contributed by atoms with Gasteiger partial charge in [0.05, 0.1) is 22.1 Å². The van der Waals surface area contributed by atoms with E-state index in [0.717, 1.165) is 18.2 Å². The van der Waals surface area contributed by atoms with Gasteiger partial charge in [0, 0.05) is 24.7 Å². The van der Waals surface area contributed by atoms with Crippen molar-refractivity contribution in [2.24, 2.45) is 0 Å². The molecule has 0 bridgehead atoms. The van der Waals surface area contributed by atoms with Crippen LogP contribution in [0.5, 0.6) is 5.88 Å². The summed E-state index contributed by atoms with van der Waals surface area (Å²) in [7, 11) is -4.10. The van der Waals surface area contributed by atoms with Gasteiger partial charge in [-0.25, -0.2) is 18.1 Å². The summed E-state index contributed by atoms with van der Waals surface area (Å²) in [5.41, 5.74) is -1.43. The number of non-ortho nitro benzene ring substituents is 1. The number of sulfonamides is 1. The van der Waals surface area contributed by atoms with E-state index in [2.05, 4.69) is 9.71 Å². The molecule has 0 saturated carbocycles. The SMILES string of the molecule is O=[N+]([O-])c1ccc(Cl)c(S(=O)(=O)NCCCCOc2cc(C(F)(F)F)cc(Cl)n2)c1. The van der Waals surface area contributed by atoms with Crippen LogP contribution in [0.4, 0.5) is 18.9 Å². The fraction of sp³-hybridized carbons (Fsp3) is 0.312. The molecule has 1 aromatic heterocycles. The van der Waals surface area contributed by atoms with Gasteiger partial charge in [-0.1, -0.05) is 23.2 Å². The van der Waals surface area contributed by atoms with Crippen molar-refractivity contribution in [3.8, 4) is 5.88 Å². The maximum absolute atomic E-state index is 12.7. The highest BCUT2D eigenvalue weighted by Gasteiger charge is 2.31. The zero-order valence-corrected chi connectivity index (χ0v) is 17.3. The number of benzene rings is 1. The Labute approximate surface area is 179 Å². The van der Waals surface area contributed by atoms with Gasteiger partial charge in [0.15, 0.2) is 0 Å². The number of alkyl halides is 3. The lowest BCUT2D eigenvalue weighted by molar-refractivity contribution is -0.385. The summed E-state index contributed by atoms with van der Waals surface area (Å²) < 4.78 is 70.1. The van der Waals surface area contributed by atoms with E-state index in [-0.39, 0.29) is 42.0 Å². The molecule has 2 aromatic rings. The van der Waals surface area contributed by atoms with E-state index in [4.69, 9.17) is 27.9 Å². The van der Waals surface area contributed by atoms with Gasteiger partial charge < -0.3 is 4.74 Å². The van der Waals surface area contributed by atoms with Crippen molar-refractivity contribution in [3.63, 3.8) is 0 Å². The van der Waals surface area contributed by atoms with E-state index in [1.54, 1.807) is 0 Å². The number of nitro benzene ring substituents is 1. The maximum atomic E-state index is 12.7. The highest BCUT2D eigenvalue weighted by molar-refractivity contribution is 7.89. The third-order valence-corrected chi connectivity index (χ3v) is 5.76. The number of aromatic nitrogens is 1. The number of hydrogen-bond acceptors (Lipinski definition) is 6. The quantitative estimate of drug-likeness (QED) is 0.242. The molecule has 1 aromatic carbocycles. The second-order valence-electron chi connectivity index (χ2n) is 5.84. The average molecular weight is 488 g/mol. The van der Waals surface area contributed by atoms with E-state index in [1.807, 2.05) is 0 Å². The van der Waals surface area contributed by atoms with Crippen molar-refractivity contribution in [1.82, 2.24) is 9.71 Å². The largest absolute Gasteiger partial charge is 0.478 e. The summed E-state index contributed by atoms with van der Waals surface area (Å²) in [5.74, 6) is -0.307. The van der Waals surface area contributed by atoms with Gasteiger partial charge in [0.1, 0.15) is 10.0 Å². The molecule has 0 atom stereocenters. The Morgan fingerprint density at radius 3 is 2.50 bits per heavy atom. The number of pyridine rings is 1. The van der Waals surface area contributed by atoms with Gasteiger partial charge in [-0.2, -0.15) is 13.2 Å². The lowest BCUT2D eigenvalue weighted by Gasteiger charge is -2.11. The first kappa shape index (κ1) is 24.1. The predicted molar refractivity (Wildman–Crippen MR) is 102 cm³/mol. The topological polar surface area (TPSA) is 111 Å². The minimum atomic E-state index is -4.60. The van der Waals surface area contributed by atoms with Crippen LogP contribution in [0.15, 0.2) is 35.2 Å². The Morgan fingerprint density at radius 1 is 1.17 bits per heavy atom. The number of unbranched alkanes of at least 4 members (excludes halogenated alkanes) is 1. The Hall–Kier alpha value is -2.15. The number of rotatable bonds is 9. The molecule has 2 rings (SSSR count). The van der Waals surface area contributed by atoms with Crippen LogP contribution >= 0.6 is 23.2 Å². The second-order valence-corrected chi connectivity index (χ2v) is 8.37. The van der Waals surface area contributed by atoms with Crippen LogP contribution in [0.1, 0.15) is 18.4 Å². The van der Waals surface area contributed by atoms with Crippen molar-refractivity contribution in [2.75, 3.05) is 13.2 Å². The normalized spacial score (nSPS) is 12.0. The van der Waals surface area contributed by atoms with Crippen LogP contribution in [0.25, 0.3) is 0 Å². The molecule has 0 spiro atoms. The van der Waals surface area contributed by atoms with E-state index >= 15 is 0 Å². The molecule has 0 aliphatic heterocycles. The molecule has 0 aliphatic rings. The van der Waals surface area contributed by atoms with Crippen LogP contribution in [0, 0.1) is 10.1 Å². The summed E-state index contributed by atoms with van der Waals surface area (Å²) in [5, 5.41) is 10.2.